The van der Waals surface area contributed by atoms with Crippen molar-refractivity contribution in [2.45, 2.75) is 52.5 Å². The van der Waals surface area contributed by atoms with Crippen molar-refractivity contribution in [1.29, 1.82) is 0 Å². The lowest BCUT2D eigenvalue weighted by Crippen LogP contribution is -2.40. The fraction of sp³-hybridized carbons (Fsp3) is 0.917. The molecule has 1 rings (SSSR count). The summed E-state index contributed by atoms with van der Waals surface area (Å²) in [5, 5.41) is 6.47. The number of rotatable bonds is 3. The molecule has 0 spiro atoms. The van der Waals surface area contributed by atoms with E-state index in [4.69, 9.17) is 0 Å². The van der Waals surface area contributed by atoms with E-state index in [9.17, 15) is 4.79 Å². The minimum atomic E-state index is -0.264. The molecule has 0 radical (unpaired) electrons. The fourth-order valence-corrected chi connectivity index (χ4v) is 1.80. The van der Waals surface area contributed by atoms with Crippen molar-refractivity contribution in [1.82, 2.24) is 10.6 Å². The number of piperidine rings is 1. The second kappa shape index (κ2) is 5.50. The van der Waals surface area contributed by atoms with Gasteiger partial charge in [0, 0.05) is 18.0 Å². The van der Waals surface area contributed by atoms with Crippen LogP contribution in [0.3, 0.4) is 0 Å². The molecular formula is C12H24N2O. The molecule has 1 unspecified atom stereocenters. The van der Waals surface area contributed by atoms with Gasteiger partial charge < -0.3 is 10.6 Å². The van der Waals surface area contributed by atoms with Crippen LogP contribution >= 0.6 is 0 Å². The summed E-state index contributed by atoms with van der Waals surface area (Å²) in [5.74, 6) is 0.151. The number of hydrogen-bond acceptors (Lipinski definition) is 2. The first-order valence-corrected chi connectivity index (χ1v) is 6.02. The minimum Gasteiger partial charge on any atom is -0.356 e. The predicted octanol–water partition coefficient (Wildman–Crippen LogP) is 1.68. The number of hydrogen-bond donors (Lipinski definition) is 2. The van der Waals surface area contributed by atoms with Gasteiger partial charge in [0.2, 0.25) is 5.91 Å². The maximum Gasteiger partial charge on any atom is 0.225 e. The van der Waals surface area contributed by atoms with Gasteiger partial charge in [-0.3, -0.25) is 4.79 Å². The van der Waals surface area contributed by atoms with E-state index in [2.05, 4.69) is 10.6 Å². The average Bonchev–Trinajstić information content (AvgIpc) is 2.18. The van der Waals surface area contributed by atoms with E-state index >= 15 is 0 Å². The summed E-state index contributed by atoms with van der Waals surface area (Å²) < 4.78 is 0. The number of carbonyl (C=O) groups is 1. The van der Waals surface area contributed by atoms with Crippen LogP contribution in [0.4, 0.5) is 0 Å². The Kier molecular flexibility index (Phi) is 4.58. The molecule has 1 aliphatic rings. The lowest BCUT2D eigenvalue weighted by atomic mass is 9.95. The molecule has 1 atom stereocenters. The Bertz CT molecular complexity index is 202. The van der Waals surface area contributed by atoms with Crippen LogP contribution in [0.5, 0.6) is 0 Å². The highest BCUT2D eigenvalue weighted by Crippen LogP contribution is 2.13. The molecule has 88 valence electrons. The second-order valence-corrected chi connectivity index (χ2v) is 5.44. The summed E-state index contributed by atoms with van der Waals surface area (Å²) in [6, 6.07) is 0.610. The molecule has 2 N–H and O–H groups in total. The van der Waals surface area contributed by atoms with Crippen molar-refractivity contribution in [3.05, 3.63) is 0 Å². The Balaban J connectivity index is 2.12. The van der Waals surface area contributed by atoms with Crippen LogP contribution in [0.15, 0.2) is 0 Å². The molecule has 1 saturated heterocycles. The lowest BCUT2D eigenvalue weighted by Gasteiger charge is -2.24. The molecule has 1 aliphatic heterocycles. The molecule has 0 aromatic carbocycles. The van der Waals surface area contributed by atoms with E-state index in [0.717, 1.165) is 19.5 Å². The molecule has 0 aliphatic carbocycles. The monoisotopic (exact) mass is 212 g/mol. The summed E-state index contributed by atoms with van der Waals surface area (Å²) in [6.07, 6.45) is 4.93. The second-order valence-electron chi connectivity index (χ2n) is 5.44. The topological polar surface area (TPSA) is 41.1 Å². The summed E-state index contributed by atoms with van der Waals surface area (Å²) in [7, 11) is 0. The zero-order valence-electron chi connectivity index (χ0n) is 10.2. The highest BCUT2D eigenvalue weighted by molar-refractivity contribution is 5.81. The largest absolute Gasteiger partial charge is 0.356 e. The van der Waals surface area contributed by atoms with Crippen LogP contribution < -0.4 is 10.6 Å². The van der Waals surface area contributed by atoms with Crippen molar-refractivity contribution in [3.8, 4) is 0 Å². The first-order chi connectivity index (χ1) is 7.00. The third-order valence-corrected chi connectivity index (χ3v) is 2.87. The third kappa shape index (κ3) is 4.65. The summed E-state index contributed by atoms with van der Waals surface area (Å²) in [5.41, 5.74) is -0.264. The van der Waals surface area contributed by atoms with Crippen LogP contribution in [0.2, 0.25) is 0 Å². The molecule has 0 bridgehead atoms. The molecule has 1 amide bonds. The van der Waals surface area contributed by atoms with Crippen LogP contribution in [0.25, 0.3) is 0 Å². The van der Waals surface area contributed by atoms with E-state index in [1.165, 1.54) is 19.3 Å². The van der Waals surface area contributed by atoms with Crippen molar-refractivity contribution >= 4 is 5.91 Å². The van der Waals surface area contributed by atoms with Crippen LogP contribution in [-0.4, -0.2) is 25.0 Å². The SMILES string of the molecule is CC(C)(C)C(=O)NCCC1CCCCN1. The highest BCUT2D eigenvalue weighted by atomic mass is 16.2. The Morgan fingerprint density at radius 3 is 2.67 bits per heavy atom. The maximum atomic E-state index is 11.6. The Morgan fingerprint density at radius 2 is 2.13 bits per heavy atom. The Hall–Kier alpha value is -0.570. The molecule has 0 saturated carbocycles. The van der Waals surface area contributed by atoms with E-state index in [1.54, 1.807) is 0 Å². The first-order valence-electron chi connectivity index (χ1n) is 6.02. The maximum absolute atomic E-state index is 11.6. The molecule has 0 aromatic rings. The summed E-state index contributed by atoms with van der Waals surface area (Å²) in [4.78, 5) is 11.6. The zero-order chi connectivity index (χ0) is 11.3. The molecule has 3 heteroatoms. The first kappa shape index (κ1) is 12.5. The van der Waals surface area contributed by atoms with Gasteiger partial charge in [0.25, 0.3) is 0 Å². The van der Waals surface area contributed by atoms with E-state index < -0.39 is 0 Å². The average molecular weight is 212 g/mol. The van der Waals surface area contributed by atoms with Crippen LogP contribution in [-0.2, 0) is 4.79 Å². The fourth-order valence-electron chi connectivity index (χ4n) is 1.80. The zero-order valence-corrected chi connectivity index (χ0v) is 10.2. The molecular weight excluding hydrogens is 188 g/mol. The normalized spacial score (nSPS) is 22.5. The standard InChI is InChI=1S/C12H24N2O/c1-12(2,3)11(15)14-9-7-10-6-4-5-8-13-10/h10,13H,4-9H2,1-3H3,(H,14,15). The van der Waals surface area contributed by atoms with Gasteiger partial charge in [-0.2, -0.15) is 0 Å². The van der Waals surface area contributed by atoms with Gasteiger partial charge in [-0.05, 0) is 25.8 Å². The number of amides is 1. The van der Waals surface area contributed by atoms with Gasteiger partial charge in [0.15, 0.2) is 0 Å². The van der Waals surface area contributed by atoms with E-state index in [-0.39, 0.29) is 11.3 Å². The van der Waals surface area contributed by atoms with Gasteiger partial charge in [-0.25, -0.2) is 0 Å². The van der Waals surface area contributed by atoms with E-state index in [0.29, 0.717) is 6.04 Å². The van der Waals surface area contributed by atoms with E-state index in [1.807, 2.05) is 20.8 Å². The van der Waals surface area contributed by atoms with Crippen molar-refractivity contribution in [3.63, 3.8) is 0 Å². The van der Waals surface area contributed by atoms with Gasteiger partial charge in [-0.1, -0.05) is 27.2 Å². The Morgan fingerprint density at radius 1 is 1.40 bits per heavy atom. The smallest absolute Gasteiger partial charge is 0.225 e. The van der Waals surface area contributed by atoms with Crippen molar-refractivity contribution < 1.29 is 4.79 Å². The quantitative estimate of drug-likeness (QED) is 0.747. The number of nitrogens with one attached hydrogen (secondary N) is 2. The molecule has 3 nitrogen and oxygen atoms in total. The summed E-state index contributed by atoms with van der Waals surface area (Å²) >= 11 is 0. The molecule has 1 heterocycles. The minimum absolute atomic E-state index is 0.151. The lowest BCUT2D eigenvalue weighted by molar-refractivity contribution is -0.128. The van der Waals surface area contributed by atoms with Crippen molar-refractivity contribution in [2.75, 3.05) is 13.1 Å². The van der Waals surface area contributed by atoms with Gasteiger partial charge in [-0.15, -0.1) is 0 Å². The van der Waals surface area contributed by atoms with Gasteiger partial charge >= 0.3 is 0 Å². The van der Waals surface area contributed by atoms with Crippen LogP contribution in [0.1, 0.15) is 46.5 Å². The third-order valence-electron chi connectivity index (χ3n) is 2.87. The van der Waals surface area contributed by atoms with Gasteiger partial charge in [0.05, 0.1) is 0 Å². The Labute approximate surface area is 93.0 Å². The highest BCUT2D eigenvalue weighted by Gasteiger charge is 2.21. The molecule has 1 fully saturated rings. The number of carbonyl (C=O) groups excluding carboxylic acids is 1. The predicted molar refractivity (Wildman–Crippen MR) is 62.7 cm³/mol. The molecule has 0 aromatic heterocycles. The van der Waals surface area contributed by atoms with Crippen LogP contribution in [0, 0.1) is 5.41 Å². The van der Waals surface area contributed by atoms with Crippen molar-refractivity contribution in [2.24, 2.45) is 5.41 Å². The van der Waals surface area contributed by atoms with Gasteiger partial charge in [0.1, 0.15) is 0 Å². The summed E-state index contributed by atoms with van der Waals surface area (Å²) in [6.45, 7) is 7.77. The molecule has 15 heavy (non-hydrogen) atoms.